The van der Waals surface area contributed by atoms with Crippen LogP contribution >= 0.6 is 0 Å². The summed E-state index contributed by atoms with van der Waals surface area (Å²) in [5, 5.41) is 0. The zero-order chi connectivity index (χ0) is 25.8. The van der Waals surface area contributed by atoms with E-state index in [0.29, 0.717) is 37.6 Å². The van der Waals surface area contributed by atoms with Gasteiger partial charge < -0.3 is 15.4 Å². The van der Waals surface area contributed by atoms with E-state index in [0.717, 1.165) is 38.8 Å². The second-order valence-corrected chi connectivity index (χ2v) is 12.4. The Balaban J connectivity index is 1.82. The minimum atomic E-state index is -0.250. The molecule has 5 nitrogen and oxygen atoms in total. The molecule has 0 spiro atoms. The molecule has 0 bridgehead atoms. The Labute approximate surface area is 213 Å². The number of methoxy groups -OCH3 is 1. The molecule has 2 N–H and O–H groups in total. The summed E-state index contributed by atoms with van der Waals surface area (Å²) in [7, 11) is 1.40. The van der Waals surface area contributed by atoms with E-state index < -0.39 is 0 Å². The summed E-state index contributed by atoms with van der Waals surface area (Å²) in [5.74, 6) is 1.05. The Kier molecular flexibility index (Phi) is 9.06. The van der Waals surface area contributed by atoms with Crippen LogP contribution in [0, 0.1) is 18.8 Å². The van der Waals surface area contributed by atoms with E-state index in [2.05, 4.69) is 51.7 Å². The van der Waals surface area contributed by atoms with Gasteiger partial charge in [-0.25, -0.2) is 0 Å². The van der Waals surface area contributed by atoms with Crippen molar-refractivity contribution in [1.82, 2.24) is 4.90 Å². The Morgan fingerprint density at radius 1 is 0.971 bits per heavy atom. The molecule has 0 atom stereocenters. The van der Waals surface area contributed by atoms with Crippen molar-refractivity contribution in [2.45, 2.75) is 110 Å². The van der Waals surface area contributed by atoms with Gasteiger partial charge in [0, 0.05) is 25.9 Å². The number of hydrogen-bond acceptors (Lipinski definition) is 4. The van der Waals surface area contributed by atoms with E-state index in [1.54, 1.807) is 0 Å². The maximum absolute atomic E-state index is 13.4. The third-order valence-corrected chi connectivity index (χ3v) is 8.80. The number of benzene rings is 1. The lowest BCUT2D eigenvalue weighted by atomic mass is 9.62. The van der Waals surface area contributed by atoms with Gasteiger partial charge in [0.25, 0.3) is 0 Å². The molecule has 35 heavy (non-hydrogen) atoms. The van der Waals surface area contributed by atoms with E-state index in [1.807, 2.05) is 0 Å². The maximum atomic E-state index is 13.4. The predicted octanol–water partition coefficient (Wildman–Crippen LogP) is 5.78. The van der Waals surface area contributed by atoms with Crippen LogP contribution in [0.25, 0.3) is 0 Å². The third-order valence-electron chi connectivity index (χ3n) is 8.80. The summed E-state index contributed by atoms with van der Waals surface area (Å²) in [6, 6.07) is 4.78. The molecule has 2 aliphatic carbocycles. The number of nitrogens with zero attached hydrogens (tertiary/aromatic N) is 1. The summed E-state index contributed by atoms with van der Waals surface area (Å²) < 4.78 is 4.76. The predicted molar refractivity (Wildman–Crippen MR) is 142 cm³/mol. The highest BCUT2D eigenvalue weighted by Gasteiger charge is 2.37. The largest absolute Gasteiger partial charge is 0.469 e. The smallest absolute Gasteiger partial charge is 0.305 e. The van der Waals surface area contributed by atoms with Gasteiger partial charge in [-0.15, -0.1) is 0 Å². The summed E-state index contributed by atoms with van der Waals surface area (Å²) in [5.41, 5.74) is 11.7. The number of fused-ring (bicyclic) bond motifs is 1. The number of amides is 1. The number of hydrogen-bond donors (Lipinski definition) is 1. The molecule has 3 rings (SSSR count). The lowest BCUT2D eigenvalue weighted by Gasteiger charge is -2.42. The number of carbonyl (C=O) groups is 2. The monoisotopic (exact) mass is 484 g/mol. The van der Waals surface area contributed by atoms with E-state index in [1.165, 1.54) is 42.2 Å². The number of nitrogens with two attached hydrogens (primary N) is 1. The van der Waals surface area contributed by atoms with Crippen LogP contribution < -0.4 is 5.73 Å². The highest BCUT2D eigenvalue weighted by molar-refractivity contribution is 5.77. The average molecular weight is 485 g/mol. The van der Waals surface area contributed by atoms with Crippen LogP contribution in [0.1, 0.15) is 108 Å². The summed E-state index contributed by atoms with van der Waals surface area (Å²) in [4.78, 5) is 27.0. The molecule has 0 unspecified atom stereocenters. The molecular weight excluding hydrogens is 436 g/mol. The number of carbonyl (C=O) groups excluding carboxylic acids is 2. The lowest BCUT2D eigenvalue weighted by molar-refractivity contribution is -0.141. The van der Waals surface area contributed by atoms with Crippen LogP contribution in [-0.2, 0) is 31.7 Å². The van der Waals surface area contributed by atoms with Crippen LogP contribution in [-0.4, -0.2) is 37.0 Å². The van der Waals surface area contributed by atoms with Crippen LogP contribution in [0.3, 0.4) is 0 Å². The highest BCUT2D eigenvalue weighted by atomic mass is 16.5. The van der Waals surface area contributed by atoms with Gasteiger partial charge >= 0.3 is 5.97 Å². The Bertz CT molecular complexity index is 897. The number of aryl methyl sites for hydroxylation is 1. The first kappa shape index (κ1) is 27.7. The van der Waals surface area contributed by atoms with Crippen molar-refractivity contribution in [3.8, 4) is 0 Å². The Morgan fingerprint density at radius 3 is 2.11 bits per heavy atom. The van der Waals surface area contributed by atoms with Crippen molar-refractivity contribution in [3.63, 3.8) is 0 Å². The highest BCUT2D eigenvalue weighted by Crippen LogP contribution is 2.46. The van der Waals surface area contributed by atoms with E-state index in [-0.39, 0.29) is 22.7 Å². The summed E-state index contributed by atoms with van der Waals surface area (Å²) in [6.07, 6.45) is 8.18. The number of ether oxygens (including phenoxy) is 1. The molecule has 1 amide bonds. The maximum Gasteiger partial charge on any atom is 0.305 e. The molecular formula is C30H48N2O3. The minimum Gasteiger partial charge on any atom is -0.469 e. The molecule has 1 aromatic rings. The first-order chi connectivity index (χ1) is 16.5. The second kappa shape index (κ2) is 11.5. The van der Waals surface area contributed by atoms with Gasteiger partial charge in [-0.2, -0.15) is 0 Å². The summed E-state index contributed by atoms with van der Waals surface area (Å²) >= 11 is 0. The minimum absolute atomic E-state index is 0.142. The molecule has 0 saturated heterocycles. The fraction of sp³-hybridized carbons (Fsp3) is 0.733. The molecule has 0 aromatic heterocycles. The molecule has 0 radical (unpaired) electrons. The van der Waals surface area contributed by atoms with Crippen molar-refractivity contribution < 1.29 is 14.3 Å². The van der Waals surface area contributed by atoms with Crippen LogP contribution in [0.4, 0.5) is 0 Å². The normalized spacial score (nSPS) is 22.8. The van der Waals surface area contributed by atoms with Gasteiger partial charge in [0.2, 0.25) is 5.91 Å². The van der Waals surface area contributed by atoms with Crippen LogP contribution in [0.5, 0.6) is 0 Å². The van der Waals surface area contributed by atoms with Crippen molar-refractivity contribution in [2.75, 3.05) is 20.2 Å². The first-order valence-corrected chi connectivity index (χ1v) is 13.7. The number of esters is 1. The molecule has 1 saturated carbocycles. The van der Waals surface area contributed by atoms with E-state index in [9.17, 15) is 9.59 Å². The van der Waals surface area contributed by atoms with Crippen molar-refractivity contribution in [3.05, 3.63) is 34.4 Å². The second-order valence-electron chi connectivity index (χ2n) is 12.4. The first-order valence-electron chi connectivity index (χ1n) is 13.7. The fourth-order valence-corrected chi connectivity index (χ4v) is 6.00. The lowest BCUT2D eigenvalue weighted by Crippen LogP contribution is -2.37. The van der Waals surface area contributed by atoms with Crippen molar-refractivity contribution in [2.24, 2.45) is 17.6 Å². The molecule has 1 fully saturated rings. The van der Waals surface area contributed by atoms with Gasteiger partial charge in [-0.1, -0.05) is 39.8 Å². The van der Waals surface area contributed by atoms with Crippen LogP contribution in [0.15, 0.2) is 12.1 Å². The average Bonchev–Trinajstić information content (AvgIpc) is 2.82. The Morgan fingerprint density at radius 2 is 1.54 bits per heavy atom. The molecule has 196 valence electrons. The molecule has 1 aromatic carbocycles. The molecule has 2 aliphatic rings. The molecule has 0 aliphatic heterocycles. The van der Waals surface area contributed by atoms with Gasteiger partial charge in [0.15, 0.2) is 0 Å². The van der Waals surface area contributed by atoms with E-state index >= 15 is 0 Å². The standard InChI is InChI=1S/C30H48N2O3/c1-21-16-25-26(30(4,5)15-14-29(25,2)3)17-24(21)20-32(27(33)8-7-9-28(34)35-6)19-23-12-10-22(18-31)11-13-23/h16-17,22-23H,7-15,18-20,31H2,1-6H3. The molecule has 0 heterocycles. The van der Waals surface area contributed by atoms with Gasteiger partial charge in [-0.05, 0) is 103 Å². The van der Waals surface area contributed by atoms with Gasteiger partial charge in [0.1, 0.15) is 0 Å². The van der Waals surface area contributed by atoms with Crippen LogP contribution in [0.2, 0.25) is 0 Å². The van der Waals surface area contributed by atoms with Gasteiger partial charge in [-0.3, -0.25) is 9.59 Å². The zero-order valence-electron chi connectivity index (χ0n) is 23.0. The SMILES string of the molecule is COC(=O)CCCC(=O)N(Cc1cc2c(cc1C)C(C)(C)CCC2(C)C)CC1CCC(CN)CC1. The van der Waals surface area contributed by atoms with Gasteiger partial charge in [0.05, 0.1) is 7.11 Å². The zero-order valence-corrected chi connectivity index (χ0v) is 23.0. The third kappa shape index (κ3) is 6.87. The topological polar surface area (TPSA) is 72.6 Å². The number of rotatable bonds is 9. The fourth-order valence-electron chi connectivity index (χ4n) is 6.00. The Hall–Kier alpha value is -1.88. The van der Waals surface area contributed by atoms with E-state index in [4.69, 9.17) is 10.5 Å². The quantitative estimate of drug-likeness (QED) is 0.451. The summed E-state index contributed by atoms with van der Waals surface area (Å²) in [6.45, 7) is 13.8. The molecule has 5 heteroatoms. The van der Waals surface area contributed by atoms with Crippen molar-refractivity contribution in [1.29, 1.82) is 0 Å². The van der Waals surface area contributed by atoms with Crippen molar-refractivity contribution >= 4 is 11.9 Å².